The number of hydrogen-bond donors (Lipinski definition) is 0. The van der Waals surface area contributed by atoms with Crippen molar-refractivity contribution < 1.29 is 32.2 Å². The maximum atomic E-state index is 13.4. The Morgan fingerprint density at radius 2 is 1.43 bits per heavy atom. The van der Waals surface area contributed by atoms with Crippen LogP contribution in [0.3, 0.4) is 0 Å². The quantitative estimate of drug-likeness (QED) is 0.425. The summed E-state index contributed by atoms with van der Waals surface area (Å²) in [5.74, 6) is -0.836. The van der Waals surface area contributed by atoms with Crippen LogP contribution >= 0.6 is 11.6 Å². The van der Waals surface area contributed by atoms with E-state index in [1.165, 1.54) is 55.3 Å². The molecule has 1 rings (SSSR count). The lowest BCUT2D eigenvalue weighted by Crippen LogP contribution is -2.44. The third-order valence-electron chi connectivity index (χ3n) is 2.85. The summed E-state index contributed by atoms with van der Waals surface area (Å²) in [6.07, 6.45) is -6.63. The van der Waals surface area contributed by atoms with Crippen molar-refractivity contribution >= 4 is 37.6 Å². The summed E-state index contributed by atoms with van der Waals surface area (Å²) in [5.41, 5.74) is -3.83. The molecule has 1 unspecified atom stereocenters. The molecule has 0 aliphatic carbocycles. The molecule has 0 N–H and O–H groups in total. The van der Waals surface area contributed by atoms with Gasteiger partial charge in [0.1, 0.15) is 11.2 Å². The van der Waals surface area contributed by atoms with Crippen molar-refractivity contribution in [3.63, 3.8) is 0 Å². The van der Waals surface area contributed by atoms with Crippen molar-refractivity contribution in [3.05, 3.63) is 17.5 Å². The Kier molecular flexibility index (Phi) is 9.62. The molecule has 1 aromatic heterocycles. The Labute approximate surface area is 180 Å². The Hall–Kier alpha value is -2.04. The molecule has 0 fully saturated rings. The van der Waals surface area contributed by atoms with Gasteiger partial charge in [0.15, 0.2) is 5.69 Å². The number of rotatable bonds is 2. The van der Waals surface area contributed by atoms with Crippen molar-refractivity contribution in [2.45, 2.75) is 78.0 Å². The number of aromatic nitrogens is 2. The van der Waals surface area contributed by atoms with Gasteiger partial charge in [-0.25, -0.2) is 19.6 Å². The molecule has 30 heavy (non-hydrogen) atoms. The number of carbonyl (C=O) groups excluding carboxylic acids is 2. The molecule has 0 saturated heterocycles. The average molecular weight is 452 g/mol. The van der Waals surface area contributed by atoms with Gasteiger partial charge in [0.25, 0.3) is 0 Å². The predicted octanol–water partition coefficient (Wildman–Crippen LogP) is 5.67. The lowest BCUT2D eigenvalue weighted by Gasteiger charge is -2.28. The summed E-state index contributed by atoms with van der Waals surface area (Å²) < 4.78 is 50.4. The number of halogens is 4. The highest BCUT2D eigenvalue weighted by Gasteiger charge is 2.40. The highest BCUT2D eigenvalue weighted by Crippen LogP contribution is 2.36. The zero-order valence-corrected chi connectivity index (χ0v) is 19.0. The Bertz CT molecular complexity index is 720. The molecular weight excluding hydrogens is 425 g/mol. The SMILES string of the molecule is CC(Cl)c1cnc(N(C(=O)OC(C)(C)C)C(=O)OC(C)(C)C)nc1C(F)(F)F.[B]C. The van der Waals surface area contributed by atoms with Gasteiger partial charge in [-0.05, 0) is 48.5 Å². The smallest absolute Gasteiger partial charge is 0.433 e. The van der Waals surface area contributed by atoms with E-state index >= 15 is 0 Å². The fourth-order valence-electron chi connectivity index (χ4n) is 1.86. The van der Waals surface area contributed by atoms with E-state index in [9.17, 15) is 22.8 Å². The first-order valence-corrected chi connectivity index (χ1v) is 9.28. The first-order valence-electron chi connectivity index (χ1n) is 8.84. The van der Waals surface area contributed by atoms with Crippen LogP contribution in [0.25, 0.3) is 0 Å². The van der Waals surface area contributed by atoms with E-state index in [1.54, 1.807) is 0 Å². The summed E-state index contributed by atoms with van der Waals surface area (Å²) >= 11 is 5.77. The molecular formula is C18H26BClF3N3O4. The van der Waals surface area contributed by atoms with Crippen LogP contribution in [0, 0.1) is 0 Å². The van der Waals surface area contributed by atoms with Gasteiger partial charge in [0, 0.05) is 11.8 Å². The summed E-state index contributed by atoms with van der Waals surface area (Å²) in [5, 5.41) is -1.05. The molecule has 12 heteroatoms. The molecule has 0 saturated carbocycles. The van der Waals surface area contributed by atoms with Crippen LogP contribution in [0.1, 0.15) is 65.1 Å². The zero-order chi connectivity index (χ0) is 24.1. The van der Waals surface area contributed by atoms with E-state index in [1.807, 2.05) is 0 Å². The molecule has 1 atom stereocenters. The van der Waals surface area contributed by atoms with Gasteiger partial charge in [-0.3, -0.25) is 0 Å². The van der Waals surface area contributed by atoms with Gasteiger partial charge >= 0.3 is 18.4 Å². The van der Waals surface area contributed by atoms with Crippen molar-refractivity contribution in [3.8, 4) is 0 Å². The lowest BCUT2D eigenvalue weighted by molar-refractivity contribution is -0.141. The van der Waals surface area contributed by atoms with E-state index in [0.717, 1.165) is 6.20 Å². The highest BCUT2D eigenvalue weighted by molar-refractivity contribution is 6.20. The van der Waals surface area contributed by atoms with Crippen LogP contribution in [0.5, 0.6) is 0 Å². The standard InChI is InChI=1S/C17H23ClF3N3O4.CH3B/c1-9(18)10-8-22-12(23-11(10)17(19,20)21)24(13(25)27-15(2,3)4)14(26)28-16(5,6)7;1-2/h8-9H,1-7H3;1H3. The third kappa shape index (κ3) is 8.77. The molecule has 7 nitrogen and oxygen atoms in total. The second kappa shape index (κ2) is 10.3. The Morgan fingerprint density at radius 1 is 1.03 bits per heavy atom. The van der Waals surface area contributed by atoms with Crippen LogP contribution in [0.4, 0.5) is 28.7 Å². The fraction of sp³-hybridized carbons (Fsp3) is 0.667. The van der Waals surface area contributed by atoms with Gasteiger partial charge in [-0.1, -0.05) is 6.82 Å². The molecule has 2 radical (unpaired) electrons. The maximum Gasteiger partial charge on any atom is 0.433 e. The molecule has 0 aliphatic heterocycles. The minimum absolute atomic E-state index is 0.217. The monoisotopic (exact) mass is 451 g/mol. The van der Waals surface area contributed by atoms with Crippen LogP contribution in [-0.2, 0) is 15.7 Å². The average Bonchev–Trinajstić information content (AvgIpc) is 2.52. The molecule has 2 amide bonds. The van der Waals surface area contributed by atoms with Crippen LogP contribution in [0.2, 0.25) is 6.82 Å². The Balaban J connectivity index is 0.00000407. The normalized spacial score (nSPS) is 12.9. The Morgan fingerprint density at radius 3 is 1.73 bits per heavy atom. The van der Waals surface area contributed by atoms with Crippen LogP contribution in [-0.4, -0.2) is 41.2 Å². The number of imide groups is 1. The van der Waals surface area contributed by atoms with E-state index in [0.29, 0.717) is 0 Å². The van der Waals surface area contributed by atoms with Crippen LogP contribution in [0.15, 0.2) is 6.20 Å². The van der Waals surface area contributed by atoms with E-state index in [2.05, 4.69) is 17.8 Å². The van der Waals surface area contributed by atoms with E-state index in [4.69, 9.17) is 21.1 Å². The van der Waals surface area contributed by atoms with E-state index < -0.39 is 52.1 Å². The topological polar surface area (TPSA) is 81.6 Å². The second-order valence-corrected chi connectivity index (χ2v) is 8.54. The minimum Gasteiger partial charge on any atom is -0.443 e. The van der Waals surface area contributed by atoms with Crippen molar-refractivity contribution in [2.24, 2.45) is 0 Å². The minimum atomic E-state index is -4.89. The summed E-state index contributed by atoms with van der Waals surface area (Å²) in [7, 11) is 4.50. The molecule has 0 aromatic carbocycles. The fourth-order valence-corrected chi connectivity index (χ4v) is 2.02. The summed E-state index contributed by atoms with van der Waals surface area (Å²) in [4.78, 5) is 32.3. The number of carbonyl (C=O) groups is 2. The third-order valence-corrected chi connectivity index (χ3v) is 3.09. The number of hydrogen-bond acceptors (Lipinski definition) is 6. The van der Waals surface area contributed by atoms with Gasteiger partial charge in [0.05, 0.1) is 13.2 Å². The first-order chi connectivity index (χ1) is 13.4. The largest absolute Gasteiger partial charge is 0.443 e. The summed E-state index contributed by atoms with van der Waals surface area (Å²) in [6, 6.07) is 0. The number of ether oxygens (including phenoxy) is 2. The first kappa shape index (κ1) is 28.0. The molecule has 0 aliphatic rings. The van der Waals surface area contributed by atoms with Crippen molar-refractivity contribution in [2.75, 3.05) is 4.90 Å². The van der Waals surface area contributed by atoms with Crippen molar-refractivity contribution in [1.29, 1.82) is 0 Å². The lowest BCUT2D eigenvalue weighted by atomic mass is 10.1. The van der Waals surface area contributed by atoms with Crippen molar-refractivity contribution in [1.82, 2.24) is 9.97 Å². The highest BCUT2D eigenvalue weighted by atomic mass is 35.5. The summed E-state index contributed by atoms with van der Waals surface area (Å²) in [6.45, 7) is 12.0. The number of alkyl halides is 4. The van der Waals surface area contributed by atoms with Gasteiger partial charge in [0.2, 0.25) is 5.95 Å². The van der Waals surface area contributed by atoms with E-state index in [-0.39, 0.29) is 4.90 Å². The number of anilines is 1. The zero-order valence-electron chi connectivity index (χ0n) is 18.2. The second-order valence-electron chi connectivity index (χ2n) is 7.88. The van der Waals surface area contributed by atoms with Crippen LogP contribution < -0.4 is 4.90 Å². The molecule has 0 spiro atoms. The number of amides is 2. The maximum absolute atomic E-state index is 13.4. The van der Waals surface area contributed by atoms with Gasteiger partial charge in [-0.15, -0.1) is 16.5 Å². The molecule has 168 valence electrons. The molecule has 0 bridgehead atoms. The predicted molar refractivity (Wildman–Crippen MR) is 108 cm³/mol. The van der Waals surface area contributed by atoms with Gasteiger partial charge in [-0.2, -0.15) is 13.2 Å². The molecule has 1 aromatic rings. The number of nitrogens with zero attached hydrogens (tertiary/aromatic N) is 3. The van der Waals surface area contributed by atoms with Gasteiger partial charge < -0.3 is 9.47 Å². The molecule has 1 heterocycles.